The number of nitrogens with one attached hydrogen (secondary N) is 1. The molecule has 0 amide bonds. The van der Waals surface area contributed by atoms with Gasteiger partial charge in [-0.2, -0.15) is 0 Å². The van der Waals surface area contributed by atoms with E-state index < -0.39 is 0 Å². The van der Waals surface area contributed by atoms with Gasteiger partial charge in [0.25, 0.3) is 0 Å². The van der Waals surface area contributed by atoms with E-state index in [2.05, 4.69) is 4.72 Å². The molecule has 3 nitrogen and oxygen atoms in total. The second-order valence-electron chi connectivity index (χ2n) is 2.92. The van der Waals surface area contributed by atoms with Crippen molar-refractivity contribution in [2.24, 2.45) is 11.5 Å². The van der Waals surface area contributed by atoms with Crippen molar-refractivity contribution in [2.75, 3.05) is 0 Å². The number of allylic oxidation sites excluding steroid dienone is 2. The van der Waals surface area contributed by atoms with Gasteiger partial charge in [-0.3, -0.25) is 0 Å². The fourth-order valence-corrected chi connectivity index (χ4v) is 1.72. The third-order valence-electron chi connectivity index (χ3n) is 1.57. The number of halogens is 1. The van der Waals surface area contributed by atoms with Crippen LogP contribution in [-0.2, 0) is 0 Å². The van der Waals surface area contributed by atoms with Crippen molar-refractivity contribution in [1.82, 2.24) is 4.72 Å². The quantitative estimate of drug-likeness (QED) is 0.433. The van der Waals surface area contributed by atoms with E-state index in [1.807, 2.05) is 24.3 Å². The highest BCUT2D eigenvalue weighted by atomic mass is 35.5. The molecule has 0 aliphatic rings. The number of nitrogens with two attached hydrogens (primary N) is 2. The predicted octanol–water partition coefficient (Wildman–Crippen LogP) is 1.71. The molecule has 82 valence electrons. The van der Waals surface area contributed by atoms with Crippen molar-refractivity contribution in [3.8, 4) is 0 Å². The first-order chi connectivity index (χ1) is 7.59. The van der Waals surface area contributed by atoms with Crippen LogP contribution in [0.2, 0.25) is 5.02 Å². The van der Waals surface area contributed by atoms with Crippen LogP contribution in [-0.4, -0.2) is 7.85 Å². The van der Waals surface area contributed by atoms with Gasteiger partial charge in [-0.25, -0.2) is 0 Å². The van der Waals surface area contributed by atoms with Crippen LogP contribution in [0.5, 0.6) is 0 Å². The molecule has 1 aromatic rings. The van der Waals surface area contributed by atoms with Gasteiger partial charge in [0.1, 0.15) is 13.7 Å². The summed E-state index contributed by atoms with van der Waals surface area (Å²) in [6.45, 7) is 0. The average Bonchev–Trinajstić information content (AvgIpc) is 2.25. The zero-order chi connectivity index (χ0) is 12.0. The van der Waals surface area contributed by atoms with Crippen LogP contribution in [0.4, 0.5) is 0 Å². The SMILES string of the molecule is [B]/C(N)=C/C=C(\N)NSc1ccccc1Cl. The van der Waals surface area contributed by atoms with Gasteiger partial charge in [-0.05, 0) is 35.8 Å². The summed E-state index contributed by atoms with van der Waals surface area (Å²) in [5.74, 6) is 0.443. The lowest BCUT2D eigenvalue weighted by Gasteiger charge is -2.05. The van der Waals surface area contributed by atoms with Gasteiger partial charge >= 0.3 is 0 Å². The lowest BCUT2D eigenvalue weighted by atomic mass is 10.1. The van der Waals surface area contributed by atoms with E-state index in [9.17, 15) is 0 Å². The van der Waals surface area contributed by atoms with Crippen LogP contribution in [0, 0.1) is 0 Å². The standard InChI is InChI=1S/C10H11BClN3S/c11-9(13)5-6-10(14)15-16-8-4-2-1-3-7(8)12/h1-6,15H,13-14H2/b9-5-,10-6+. The normalized spacial score (nSPS) is 12.6. The molecule has 1 rings (SSSR count). The van der Waals surface area contributed by atoms with E-state index in [0.717, 1.165) is 4.90 Å². The summed E-state index contributed by atoms with van der Waals surface area (Å²) in [7, 11) is 5.26. The zero-order valence-corrected chi connectivity index (χ0v) is 10.1. The molecule has 0 heterocycles. The second-order valence-corrected chi connectivity index (χ2v) is 4.18. The Bertz CT molecular complexity index is 416. The number of hydrogen-bond acceptors (Lipinski definition) is 4. The van der Waals surface area contributed by atoms with Crippen molar-refractivity contribution in [3.05, 3.63) is 52.9 Å². The summed E-state index contributed by atoms with van der Waals surface area (Å²) in [4.78, 5) is 0.894. The molecule has 0 saturated heterocycles. The molecule has 0 saturated carbocycles. The molecule has 1 aromatic carbocycles. The maximum absolute atomic E-state index is 5.96. The van der Waals surface area contributed by atoms with Crippen molar-refractivity contribution < 1.29 is 0 Å². The minimum Gasteiger partial charge on any atom is -0.411 e. The highest BCUT2D eigenvalue weighted by Crippen LogP contribution is 2.24. The average molecular weight is 252 g/mol. The van der Waals surface area contributed by atoms with Crippen molar-refractivity contribution in [2.45, 2.75) is 4.90 Å². The summed E-state index contributed by atoms with van der Waals surface area (Å²) in [5.41, 5.74) is 11.1. The Morgan fingerprint density at radius 2 is 2.00 bits per heavy atom. The van der Waals surface area contributed by atoms with E-state index in [0.29, 0.717) is 10.8 Å². The highest BCUT2D eigenvalue weighted by molar-refractivity contribution is 7.97. The Labute approximate surface area is 105 Å². The van der Waals surface area contributed by atoms with Gasteiger partial charge in [0.05, 0.1) is 5.02 Å². The molecule has 0 bridgehead atoms. The first-order valence-corrected chi connectivity index (χ1v) is 5.65. The van der Waals surface area contributed by atoms with Gasteiger partial charge in [-0.1, -0.05) is 29.8 Å². The predicted molar refractivity (Wildman–Crippen MR) is 70.7 cm³/mol. The van der Waals surface area contributed by atoms with Crippen molar-refractivity contribution in [1.29, 1.82) is 0 Å². The highest BCUT2D eigenvalue weighted by Gasteiger charge is 1.98. The van der Waals surface area contributed by atoms with E-state index in [4.69, 9.17) is 30.9 Å². The third-order valence-corrected chi connectivity index (χ3v) is 2.93. The Kier molecular flexibility index (Phi) is 5.15. The molecule has 0 aromatic heterocycles. The molecule has 0 atom stereocenters. The summed E-state index contributed by atoms with van der Waals surface area (Å²) < 4.78 is 2.91. The summed E-state index contributed by atoms with van der Waals surface area (Å²) in [6.07, 6.45) is 3.09. The maximum atomic E-state index is 5.96. The molecule has 5 N–H and O–H groups in total. The minimum absolute atomic E-state index is 0.201. The van der Waals surface area contributed by atoms with Crippen LogP contribution >= 0.6 is 23.5 Å². The monoisotopic (exact) mass is 251 g/mol. The number of benzene rings is 1. The largest absolute Gasteiger partial charge is 0.411 e. The summed E-state index contributed by atoms with van der Waals surface area (Å²) in [6, 6.07) is 7.46. The zero-order valence-electron chi connectivity index (χ0n) is 8.48. The van der Waals surface area contributed by atoms with Gasteiger partial charge in [-0.15, -0.1) is 0 Å². The molecular weight excluding hydrogens is 240 g/mol. The fourth-order valence-electron chi connectivity index (χ4n) is 0.861. The molecule has 0 fully saturated rings. The molecule has 6 heteroatoms. The maximum Gasteiger partial charge on any atom is 0.137 e. The molecule has 0 unspecified atom stereocenters. The third kappa shape index (κ3) is 4.55. The Hall–Kier alpha value is -1.20. The first kappa shape index (κ1) is 12.9. The topological polar surface area (TPSA) is 64.1 Å². The van der Waals surface area contributed by atoms with E-state index in [1.54, 1.807) is 6.08 Å². The number of hydrogen-bond donors (Lipinski definition) is 3. The molecule has 16 heavy (non-hydrogen) atoms. The molecule has 0 aliphatic heterocycles. The summed E-state index contributed by atoms with van der Waals surface area (Å²) >= 11 is 7.28. The molecule has 0 aliphatic carbocycles. The first-order valence-electron chi connectivity index (χ1n) is 4.45. The van der Waals surface area contributed by atoms with E-state index in [1.165, 1.54) is 18.0 Å². The minimum atomic E-state index is 0.201. The van der Waals surface area contributed by atoms with Gasteiger partial charge in [0, 0.05) is 4.90 Å². The lowest BCUT2D eigenvalue weighted by molar-refractivity contribution is 1.15. The second kappa shape index (κ2) is 6.40. The number of rotatable bonds is 4. The van der Waals surface area contributed by atoms with Crippen LogP contribution in [0.1, 0.15) is 0 Å². The van der Waals surface area contributed by atoms with Crippen molar-refractivity contribution in [3.63, 3.8) is 0 Å². The Morgan fingerprint density at radius 1 is 1.31 bits per heavy atom. The van der Waals surface area contributed by atoms with E-state index in [-0.39, 0.29) is 5.60 Å². The van der Waals surface area contributed by atoms with Crippen LogP contribution < -0.4 is 16.2 Å². The molecule has 0 spiro atoms. The van der Waals surface area contributed by atoms with Crippen LogP contribution in [0.15, 0.2) is 52.7 Å². The van der Waals surface area contributed by atoms with Crippen LogP contribution in [0.3, 0.4) is 0 Å². The lowest BCUT2D eigenvalue weighted by Crippen LogP contribution is -2.12. The van der Waals surface area contributed by atoms with Crippen molar-refractivity contribution >= 4 is 31.4 Å². The van der Waals surface area contributed by atoms with Gasteiger partial charge < -0.3 is 16.2 Å². The smallest absolute Gasteiger partial charge is 0.137 e. The molecular formula is C10H11BClN3S. The van der Waals surface area contributed by atoms with Gasteiger partial charge in [0.15, 0.2) is 0 Å². The van der Waals surface area contributed by atoms with Crippen LogP contribution in [0.25, 0.3) is 0 Å². The summed E-state index contributed by atoms with van der Waals surface area (Å²) in [5, 5.41) is 0.668. The Morgan fingerprint density at radius 3 is 2.62 bits per heavy atom. The van der Waals surface area contributed by atoms with E-state index >= 15 is 0 Å². The van der Waals surface area contributed by atoms with Gasteiger partial charge in [0.2, 0.25) is 0 Å². The Balaban J connectivity index is 2.55. The molecule has 2 radical (unpaired) electrons. The fraction of sp³-hybridized carbons (Fsp3) is 0.